The van der Waals surface area contributed by atoms with Crippen LogP contribution in [-0.4, -0.2) is 25.7 Å². The lowest BCUT2D eigenvalue weighted by molar-refractivity contribution is -0.125. The van der Waals surface area contributed by atoms with Crippen LogP contribution in [-0.2, 0) is 9.53 Å². The number of rotatable bonds is 3. The number of ether oxygens (including phenoxy) is 1. The third-order valence-electron chi connectivity index (χ3n) is 2.30. The highest BCUT2D eigenvalue weighted by Crippen LogP contribution is 2.24. The summed E-state index contributed by atoms with van der Waals surface area (Å²) in [7, 11) is 1.48. The Morgan fingerprint density at radius 2 is 2.46 bits per heavy atom. The van der Waals surface area contributed by atoms with E-state index in [4.69, 9.17) is 5.26 Å². The van der Waals surface area contributed by atoms with Gasteiger partial charge in [-0.05, 0) is 19.3 Å². The molecule has 0 heterocycles. The lowest BCUT2D eigenvalue weighted by atomic mass is 10.1. The molecule has 0 spiro atoms. The van der Waals surface area contributed by atoms with Crippen molar-refractivity contribution in [1.29, 1.82) is 5.26 Å². The largest absolute Gasteiger partial charge is 0.375 e. The number of nitriles is 1. The summed E-state index contributed by atoms with van der Waals surface area (Å²) in [6.07, 6.45) is 2.83. The van der Waals surface area contributed by atoms with Crippen LogP contribution in [0.4, 0.5) is 0 Å². The number of hydrogen-bond donors (Lipinski definition) is 1. The first-order chi connectivity index (χ1) is 6.27. The zero-order chi connectivity index (χ0) is 9.68. The Kier molecular flexibility index (Phi) is 3.71. The number of carbonyl (C=O) groups is 1. The SMILES string of the molecule is COCC(=O)NC1CCCC1C#N. The molecule has 1 N–H and O–H groups in total. The van der Waals surface area contributed by atoms with E-state index in [2.05, 4.69) is 16.1 Å². The van der Waals surface area contributed by atoms with Gasteiger partial charge in [-0.2, -0.15) is 5.26 Å². The summed E-state index contributed by atoms with van der Waals surface area (Å²) in [4.78, 5) is 11.1. The molecule has 13 heavy (non-hydrogen) atoms. The predicted octanol–water partition coefficient (Wildman–Crippen LogP) is 0.441. The van der Waals surface area contributed by atoms with Crippen LogP contribution in [0.2, 0.25) is 0 Å². The van der Waals surface area contributed by atoms with Crippen molar-refractivity contribution in [3.63, 3.8) is 0 Å². The van der Waals surface area contributed by atoms with Crippen LogP contribution in [0.5, 0.6) is 0 Å². The van der Waals surface area contributed by atoms with Crippen LogP contribution >= 0.6 is 0 Å². The highest BCUT2D eigenvalue weighted by molar-refractivity contribution is 5.77. The van der Waals surface area contributed by atoms with Crippen molar-refractivity contribution in [1.82, 2.24) is 5.32 Å². The van der Waals surface area contributed by atoms with Gasteiger partial charge >= 0.3 is 0 Å². The molecule has 1 fully saturated rings. The van der Waals surface area contributed by atoms with E-state index in [-0.39, 0.29) is 24.5 Å². The molecule has 0 bridgehead atoms. The van der Waals surface area contributed by atoms with Gasteiger partial charge in [-0.3, -0.25) is 4.79 Å². The highest BCUT2D eigenvalue weighted by Gasteiger charge is 2.27. The molecule has 2 unspecified atom stereocenters. The molecule has 0 aromatic carbocycles. The molecule has 0 aliphatic heterocycles. The molecule has 72 valence electrons. The summed E-state index contributed by atoms with van der Waals surface area (Å²) in [5.74, 6) is -0.143. The van der Waals surface area contributed by atoms with Crippen molar-refractivity contribution in [3.8, 4) is 6.07 Å². The maximum absolute atomic E-state index is 11.1. The Labute approximate surface area is 77.9 Å². The van der Waals surface area contributed by atoms with Crippen LogP contribution < -0.4 is 5.32 Å². The minimum Gasteiger partial charge on any atom is -0.375 e. The molecule has 1 amide bonds. The minimum atomic E-state index is -0.130. The first-order valence-electron chi connectivity index (χ1n) is 4.46. The van der Waals surface area contributed by atoms with E-state index in [9.17, 15) is 4.79 Å². The van der Waals surface area contributed by atoms with Gasteiger partial charge in [0.15, 0.2) is 0 Å². The lowest BCUT2D eigenvalue weighted by Gasteiger charge is -2.14. The zero-order valence-corrected chi connectivity index (χ0v) is 7.75. The second kappa shape index (κ2) is 4.83. The van der Waals surface area contributed by atoms with Gasteiger partial charge in [-0.1, -0.05) is 0 Å². The van der Waals surface area contributed by atoms with Gasteiger partial charge in [0.25, 0.3) is 0 Å². The smallest absolute Gasteiger partial charge is 0.246 e. The molecule has 1 aliphatic rings. The standard InChI is InChI=1S/C9H14N2O2/c1-13-6-9(12)11-8-4-2-3-7(8)5-10/h7-8H,2-4,6H2,1H3,(H,11,12). The molecule has 1 rings (SSSR count). The Bertz CT molecular complexity index is 222. The summed E-state index contributed by atoms with van der Waals surface area (Å²) in [5, 5.41) is 11.5. The van der Waals surface area contributed by atoms with E-state index in [1.807, 2.05) is 0 Å². The van der Waals surface area contributed by atoms with Crippen LogP contribution in [0.3, 0.4) is 0 Å². The van der Waals surface area contributed by atoms with Gasteiger partial charge in [-0.25, -0.2) is 0 Å². The quantitative estimate of drug-likeness (QED) is 0.689. The summed E-state index contributed by atoms with van der Waals surface area (Å²) in [6.45, 7) is 0.0780. The number of carbonyl (C=O) groups excluding carboxylic acids is 1. The molecule has 0 aromatic rings. The zero-order valence-electron chi connectivity index (χ0n) is 7.75. The normalized spacial score (nSPS) is 26.8. The predicted molar refractivity (Wildman–Crippen MR) is 46.8 cm³/mol. The van der Waals surface area contributed by atoms with Crippen molar-refractivity contribution in [3.05, 3.63) is 0 Å². The van der Waals surface area contributed by atoms with Crippen LogP contribution in [0.1, 0.15) is 19.3 Å². The van der Waals surface area contributed by atoms with Gasteiger partial charge in [0.2, 0.25) is 5.91 Å². The van der Waals surface area contributed by atoms with Crippen molar-refractivity contribution < 1.29 is 9.53 Å². The Hall–Kier alpha value is -1.08. The number of hydrogen-bond acceptors (Lipinski definition) is 3. The average Bonchev–Trinajstić information content (AvgIpc) is 2.52. The lowest BCUT2D eigenvalue weighted by Crippen LogP contribution is -2.38. The van der Waals surface area contributed by atoms with Gasteiger partial charge in [0.05, 0.1) is 12.0 Å². The van der Waals surface area contributed by atoms with Gasteiger partial charge in [0, 0.05) is 13.2 Å². The molecule has 1 saturated carbocycles. The number of methoxy groups -OCH3 is 1. The fraction of sp³-hybridized carbons (Fsp3) is 0.778. The molecule has 0 saturated heterocycles. The van der Waals surface area contributed by atoms with Crippen LogP contribution in [0, 0.1) is 17.2 Å². The van der Waals surface area contributed by atoms with Crippen molar-refractivity contribution in [2.45, 2.75) is 25.3 Å². The van der Waals surface area contributed by atoms with E-state index in [1.54, 1.807) is 0 Å². The average molecular weight is 182 g/mol. The Balaban J connectivity index is 2.36. The third-order valence-corrected chi connectivity index (χ3v) is 2.30. The number of nitrogens with one attached hydrogen (secondary N) is 1. The Morgan fingerprint density at radius 1 is 1.69 bits per heavy atom. The van der Waals surface area contributed by atoms with E-state index in [1.165, 1.54) is 7.11 Å². The summed E-state index contributed by atoms with van der Waals surface area (Å²) < 4.78 is 4.69. The summed E-state index contributed by atoms with van der Waals surface area (Å²) >= 11 is 0. The van der Waals surface area contributed by atoms with Crippen molar-refractivity contribution >= 4 is 5.91 Å². The van der Waals surface area contributed by atoms with Gasteiger partial charge in [-0.15, -0.1) is 0 Å². The topological polar surface area (TPSA) is 62.1 Å². The maximum Gasteiger partial charge on any atom is 0.246 e. The monoisotopic (exact) mass is 182 g/mol. The van der Waals surface area contributed by atoms with Crippen molar-refractivity contribution in [2.75, 3.05) is 13.7 Å². The first kappa shape index (κ1) is 10.0. The van der Waals surface area contributed by atoms with E-state index in [0.29, 0.717) is 0 Å². The minimum absolute atomic E-state index is 0.0131. The second-order valence-electron chi connectivity index (χ2n) is 3.27. The van der Waals surface area contributed by atoms with E-state index < -0.39 is 0 Å². The Morgan fingerprint density at radius 3 is 3.08 bits per heavy atom. The van der Waals surface area contributed by atoms with E-state index in [0.717, 1.165) is 19.3 Å². The molecule has 1 aliphatic carbocycles. The molecule has 0 radical (unpaired) electrons. The molecular weight excluding hydrogens is 168 g/mol. The van der Waals surface area contributed by atoms with Crippen LogP contribution in [0.15, 0.2) is 0 Å². The van der Waals surface area contributed by atoms with E-state index >= 15 is 0 Å². The molecule has 4 nitrogen and oxygen atoms in total. The van der Waals surface area contributed by atoms with Crippen molar-refractivity contribution in [2.24, 2.45) is 5.92 Å². The molecule has 2 atom stereocenters. The fourth-order valence-corrected chi connectivity index (χ4v) is 1.67. The number of amides is 1. The molecule has 4 heteroatoms. The summed E-state index contributed by atoms with van der Waals surface area (Å²) in [5.41, 5.74) is 0. The van der Waals surface area contributed by atoms with Gasteiger partial charge in [0.1, 0.15) is 6.61 Å². The second-order valence-corrected chi connectivity index (χ2v) is 3.27. The third kappa shape index (κ3) is 2.71. The number of nitrogens with zero attached hydrogens (tertiary/aromatic N) is 1. The molecule has 0 aromatic heterocycles. The van der Waals surface area contributed by atoms with Gasteiger partial charge < -0.3 is 10.1 Å². The maximum atomic E-state index is 11.1. The highest BCUT2D eigenvalue weighted by atomic mass is 16.5. The van der Waals surface area contributed by atoms with Crippen LogP contribution in [0.25, 0.3) is 0 Å². The summed E-state index contributed by atoms with van der Waals surface area (Å²) in [6, 6.07) is 2.24. The first-order valence-corrected chi connectivity index (χ1v) is 4.46. The fourth-order valence-electron chi connectivity index (χ4n) is 1.67. The molecular formula is C9H14N2O2.